The number of nitrogens with zero attached hydrogens (tertiary/aromatic N) is 5. The molecular formula is C29H31BrN8O4. The maximum absolute atomic E-state index is 13.9. The van der Waals surface area contributed by atoms with E-state index in [4.69, 9.17) is 10.5 Å². The second-order valence-electron chi connectivity index (χ2n) is 10.7. The summed E-state index contributed by atoms with van der Waals surface area (Å²) in [6.07, 6.45) is 4.16. The molecule has 0 radical (unpaired) electrons. The summed E-state index contributed by atoms with van der Waals surface area (Å²) in [5, 5.41) is 7.04. The van der Waals surface area contributed by atoms with Gasteiger partial charge in [-0.05, 0) is 70.9 Å². The third kappa shape index (κ3) is 5.48. The highest BCUT2D eigenvalue weighted by Gasteiger charge is 2.56. The SMILES string of the molecule is CCCCOC(=O)NCc1ccc2c(c1)c1c(N)ncnc1n2CC(=O)N1[C@@H]2C[C@@H]2C[C@H]1C(=O)Nc1cccc(Br)n1. The van der Waals surface area contributed by atoms with Crippen molar-refractivity contribution < 1.29 is 19.1 Å². The first-order valence-corrected chi connectivity index (χ1v) is 14.8. The average Bonchev–Trinajstić information content (AvgIpc) is 3.51. The zero-order valence-electron chi connectivity index (χ0n) is 23.0. The number of nitrogens with one attached hydrogen (secondary N) is 2. The highest BCUT2D eigenvalue weighted by molar-refractivity contribution is 9.10. The minimum absolute atomic E-state index is 0.0139. The number of likely N-dealkylation sites (tertiary alicyclic amines) is 1. The first-order chi connectivity index (χ1) is 20.3. The molecule has 1 aromatic carbocycles. The smallest absolute Gasteiger partial charge is 0.407 e. The van der Waals surface area contributed by atoms with Crippen LogP contribution in [0.1, 0.15) is 38.2 Å². The first-order valence-electron chi connectivity index (χ1n) is 14.0. The van der Waals surface area contributed by atoms with Gasteiger partial charge in [-0.2, -0.15) is 0 Å². The lowest BCUT2D eigenvalue weighted by Crippen LogP contribution is -2.46. The summed E-state index contributed by atoms with van der Waals surface area (Å²) < 4.78 is 7.62. The van der Waals surface area contributed by atoms with Crippen molar-refractivity contribution in [2.75, 3.05) is 17.7 Å². The number of aromatic nitrogens is 4. The van der Waals surface area contributed by atoms with Gasteiger partial charge in [-0.25, -0.2) is 19.7 Å². The van der Waals surface area contributed by atoms with Gasteiger partial charge in [0, 0.05) is 18.0 Å². The van der Waals surface area contributed by atoms with Gasteiger partial charge in [-0.15, -0.1) is 0 Å². The molecule has 3 atom stereocenters. The number of piperidine rings is 1. The number of amides is 3. The second kappa shape index (κ2) is 11.6. The molecule has 4 N–H and O–H groups in total. The van der Waals surface area contributed by atoms with Gasteiger partial charge >= 0.3 is 6.09 Å². The second-order valence-corrected chi connectivity index (χ2v) is 11.5. The molecule has 2 aliphatic rings. The third-order valence-electron chi connectivity index (χ3n) is 7.86. The molecule has 0 bridgehead atoms. The summed E-state index contributed by atoms with van der Waals surface area (Å²) in [6, 6.07) is 10.4. The van der Waals surface area contributed by atoms with Crippen LogP contribution in [0.4, 0.5) is 16.4 Å². The van der Waals surface area contributed by atoms with E-state index in [2.05, 4.69) is 41.5 Å². The first kappa shape index (κ1) is 27.9. The normalized spacial score (nSPS) is 19.1. The van der Waals surface area contributed by atoms with Crippen LogP contribution in [0.2, 0.25) is 0 Å². The van der Waals surface area contributed by atoms with Crippen LogP contribution in [0.25, 0.3) is 21.9 Å². The van der Waals surface area contributed by atoms with E-state index in [0.717, 1.165) is 35.7 Å². The molecule has 4 heterocycles. The van der Waals surface area contributed by atoms with E-state index < -0.39 is 12.1 Å². The molecule has 13 heteroatoms. The van der Waals surface area contributed by atoms with Crippen molar-refractivity contribution >= 4 is 67.4 Å². The lowest BCUT2D eigenvalue weighted by atomic mass is 10.1. The summed E-state index contributed by atoms with van der Waals surface area (Å²) in [7, 11) is 0. The molecule has 42 heavy (non-hydrogen) atoms. The number of alkyl carbamates (subject to hydrolysis) is 1. The number of nitrogens with two attached hydrogens (primary N) is 1. The van der Waals surface area contributed by atoms with Gasteiger partial charge in [0.05, 0.1) is 17.5 Å². The molecule has 0 spiro atoms. The van der Waals surface area contributed by atoms with Gasteiger partial charge in [0.15, 0.2) is 0 Å². The van der Waals surface area contributed by atoms with Gasteiger partial charge in [0.1, 0.15) is 40.8 Å². The molecule has 218 valence electrons. The molecule has 0 unspecified atom stereocenters. The van der Waals surface area contributed by atoms with Gasteiger partial charge in [0.25, 0.3) is 0 Å². The summed E-state index contributed by atoms with van der Waals surface area (Å²) in [5.74, 6) is 0.623. The molecule has 3 amide bonds. The number of benzene rings is 1. The summed E-state index contributed by atoms with van der Waals surface area (Å²) in [5.41, 5.74) is 8.41. The number of pyridine rings is 1. The van der Waals surface area contributed by atoms with Crippen LogP contribution in [0.15, 0.2) is 47.3 Å². The van der Waals surface area contributed by atoms with Gasteiger partial charge in [-0.1, -0.05) is 25.5 Å². The Kier molecular flexibility index (Phi) is 7.67. The zero-order valence-corrected chi connectivity index (χ0v) is 24.6. The molecule has 4 aromatic rings. The van der Waals surface area contributed by atoms with E-state index in [1.165, 1.54) is 6.33 Å². The number of carbonyl (C=O) groups excluding carboxylic acids is 3. The fourth-order valence-electron chi connectivity index (χ4n) is 5.74. The number of halogens is 1. The monoisotopic (exact) mass is 634 g/mol. The van der Waals surface area contributed by atoms with Crippen LogP contribution in [-0.2, 0) is 27.4 Å². The van der Waals surface area contributed by atoms with Crippen molar-refractivity contribution in [3.8, 4) is 0 Å². The number of anilines is 2. The average molecular weight is 636 g/mol. The van der Waals surface area contributed by atoms with E-state index in [-0.39, 0.29) is 30.9 Å². The molecule has 2 fully saturated rings. The lowest BCUT2D eigenvalue weighted by molar-refractivity contribution is -0.138. The molecule has 1 saturated heterocycles. The van der Waals surface area contributed by atoms with E-state index in [9.17, 15) is 14.4 Å². The van der Waals surface area contributed by atoms with Crippen molar-refractivity contribution in [2.24, 2.45) is 5.92 Å². The highest BCUT2D eigenvalue weighted by Crippen LogP contribution is 2.48. The number of ether oxygens (including phenoxy) is 1. The number of fused-ring (bicyclic) bond motifs is 4. The third-order valence-corrected chi connectivity index (χ3v) is 8.30. The molecule has 1 aliphatic heterocycles. The summed E-state index contributed by atoms with van der Waals surface area (Å²) in [4.78, 5) is 53.8. The summed E-state index contributed by atoms with van der Waals surface area (Å²) in [6.45, 7) is 2.65. The van der Waals surface area contributed by atoms with Crippen molar-refractivity contribution in [1.82, 2.24) is 29.7 Å². The topological polar surface area (TPSA) is 157 Å². The van der Waals surface area contributed by atoms with Gasteiger partial charge in [0.2, 0.25) is 11.8 Å². The van der Waals surface area contributed by atoms with Crippen molar-refractivity contribution in [3.05, 3.63) is 52.9 Å². The number of hydrogen-bond donors (Lipinski definition) is 3. The fraction of sp³-hybridized carbons (Fsp3) is 0.379. The predicted molar refractivity (Wildman–Crippen MR) is 160 cm³/mol. The molecule has 1 aliphatic carbocycles. The number of carbonyl (C=O) groups is 3. The molecule has 12 nitrogen and oxygen atoms in total. The maximum Gasteiger partial charge on any atom is 0.407 e. The number of nitrogen functional groups attached to an aromatic ring is 1. The van der Waals surface area contributed by atoms with E-state index in [0.29, 0.717) is 46.2 Å². The number of unbranched alkanes of at least 4 members (excludes halogenated alkanes) is 1. The fourth-order valence-corrected chi connectivity index (χ4v) is 6.09. The van der Waals surface area contributed by atoms with E-state index in [1.54, 1.807) is 23.1 Å². The molecule has 1 saturated carbocycles. The van der Waals surface area contributed by atoms with Crippen molar-refractivity contribution in [3.63, 3.8) is 0 Å². The Labute approximate surface area is 250 Å². The Morgan fingerprint density at radius 3 is 2.83 bits per heavy atom. The Morgan fingerprint density at radius 2 is 2.02 bits per heavy atom. The molecule has 3 aromatic heterocycles. The zero-order chi connectivity index (χ0) is 29.4. The van der Waals surface area contributed by atoms with Crippen molar-refractivity contribution in [2.45, 2.75) is 57.8 Å². The highest BCUT2D eigenvalue weighted by atomic mass is 79.9. The minimum Gasteiger partial charge on any atom is -0.450 e. The van der Waals surface area contributed by atoms with Crippen LogP contribution < -0.4 is 16.4 Å². The Bertz CT molecular complexity index is 1690. The van der Waals surface area contributed by atoms with Gasteiger partial charge in [-0.3, -0.25) is 9.59 Å². The lowest BCUT2D eigenvalue weighted by Gasteiger charge is -2.27. The van der Waals surface area contributed by atoms with Crippen molar-refractivity contribution in [1.29, 1.82) is 0 Å². The van der Waals surface area contributed by atoms with Crippen LogP contribution in [0.5, 0.6) is 0 Å². The van der Waals surface area contributed by atoms with Crippen LogP contribution >= 0.6 is 15.9 Å². The van der Waals surface area contributed by atoms with Crippen LogP contribution in [-0.4, -0.2) is 61.0 Å². The Balaban J connectivity index is 1.24. The largest absolute Gasteiger partial charge is 0.450 e. The van der Waals surface area contributed by atoms with E-state index >= 15 is 0 Å². The minimum atomic E-state index is -0.579. The van der Waals surface area contributed by atoms with E-state index in [1.807, 2.05) is 29.7 Å². The van der Waals surface area contributed by atoms with Crippen LogP contribution in [0.3, 0.4) is 0 Å². The van der Waals surface area contributed by atoms with Gasteiger partial charge < -0.3 is 30.6 Å². The number of hydrogen-bond acceptors (Lipinski definition) is 8. The Hall–Kier alpha value is -4.26. The summed E-state index contributed by atoms with van der Waals surface area (Å²) >= 11 is 3.32. The van der Waals surface area contributed by atoms with Crippen LogP contribution in [0, 0.1) is 5.92 Å². The Morgan fingerprint density at radius 1 is 1.17 bits per heavy atom. The predicted octanol–water partition coefficient (Wildman–Crippen LogP) is 3.98. The molecular weight excluding hydrogens is 604 g/mol. The number of rotatable bonds is 9. The quantitative estimate of drug-likeness (QED) is 0.184. The molecule has 6 rings (SSSR count). The standard InChI is InChI=1S/C29H31BrN8O4/c1-2-3-9-42-29(41)32-13-16-7-8-19-18(10-16)25-26(31)33-15-34-27(25)37(19)14-24(39)38-20-11-17(20)12-21(38)28(40)36-23-6-4-5-22(30)35-23/h4-8,10,15,17,20-21H,2-3,9,11-14H2,1H3,(H,32,41)(H2,31,33,34)(H,35,36,40)/t17-,20-,21+/m1/s1. The maximum atomic E-state index is 13.9.